The summed E-state index contributed by atoms with van der Waals surface area (Å²) in [6.07, 6.45) is 2.15. The molecule has 3 heterocycles. The Balaban J connectivity index is 1.59. The van der Waals surface area contributed by atoms with Crippen molar-refractivity contribution in [3.63, 3.8) is 0 Å². The molecular formula is C20H18N2S. The van der Waals surface area contributed by atoms with Crippen molar-refractivity contribution < 1.29 is 0 Å². The van der Waals surface area contributed by atoms with Crippen molar-refractivity contribution in [3.8, 4) is 0 Å². The molecule has 1 aliphatic rings. The van der Waals surface area contributed by atoms with Crippen LogP contribution in [0.2, 0.25) is 0 Å². The minimum atomic E-state index is 0.374. The van der Waals surface area contributed by atoms with Crippen molar-refractivity contribution >= 4 is 32.3 Å². The van der Waals surface area contributed by atoms with Gasteiger partial charge in [0, 0.05) is 21.3 Å². The first-order valence-electron chi connectivity index (χ1n) is 8.18. The van der Waals surface area contributed by atoms with Crippen molar-refractivity contribution in [1.82, 2.24) is 10.3 Å². The molecule has 3 heteroatoms. The molecule has 23 heavy (non-hydrogen) atoms. The number of hydrogen-bond donors (Lipinski definition) is 2. The molecular weight excluding hydrogens is 300 g/mol. The lowest BCUT2D eigenvalue weighted by Crippen LogP contribution is -2.31. The van der Waals surface area contributed by atoms with Gasteiger partial charge in [0.1, 0.15) is 0 Å². The lowest BCUT2D eigenvalue weighted by atomic mass is 9.94. The topological polar surface area (TPSA) is 27.8 Å². The van der Waals surface area contributed by atoms with Crippen LogP contribution in [-0.4, -0.2) is 11.5 Å². The smallest absolute Gasteiger partial charge is 0.0517 e. The average Bonchev–Trinajstić information content (AvgIpc) is 3.20. The van der Waals surface area contributed by atoms with E-state index in [9.17, 15) is 0 Å². The predicted octanol–water partition coefficient (Wildman–Crippen LogP) is 4.81. The lowest BCUT2D eigenvalue weighted by Gasteiger charge is -2.24. The summed E-state index contributed by atoms with van der Waals surface area (Å²) in [6, 6.07) is 17.9. The summed E-state index contributed by atoms with van der Waals surface area (Å²) in [7, 11) is 0. The summed E-state index contributed by atoms with van der Waals surface area (Å²) in [5, 5.41) is 8.66. The quantitative estimate of drug-likeness (QED) is 0.545. The van der Waals surface area contributed by atoms with E-state index in [2.05, 4.69) is 64.2 Å². The average molecular weight is 318 g/mol. The molecule has 5 rings (SSSR count). The standard InChI is InChI=1S/C20H18N2S/c1-2-7-17-15(6-1)16-8-10-21-18(19(16)22-17)12-14-5-3-4-13-9-11-23-20(13)14/h1-7,9,11,18,21-22H,8,10,12H2. The minimum Gasteiger partial charge on any atom is -0.357 e. The molecule has 4 aromatic rings. The number of H-pyrrole nitrogens is 1. The van der Waals surface area contributed by atoms with E-state index in [0.717, 1.165) is 19.4 Å². The first-order chi connectivity index (χ1) is 11.4. The molecule has 0 amide bonds. The molecule has 2 N–H and O–H groups in total. The van der Waals surface area contributed by atoms with E-state index in [1.54, 1.807) is 0 Å². The zero-order chi connectivity index (χ0) is 15.2. The fourth-order valence-corrected chi connectivity index (χ4v) is 4.80. The van der Waals surface area contributed by atoms with E-state index in [4.69, 9.17) is 0 Å². The van der Waals surface area contributed by atoms with Crippen molar-refractivity contribution in [2.45, 2.75) is 18.9 Å². The maximum atomic E-state index is 3.72. The second kappa shape index (κ2) is 5.22. The van der Waals surface area contributed by atoms with E-state index in [-0.39, 0.29) is 0 Å². The van der Waals surface area contributed by atoms with Gasteiger partial charge in [0.15, 0.2) is 0 Å². The van der Waals surface area contributed by atoms with Crippen LogP contribution in [0.1, 0.15) is 22.9 Å². The largest absolute Gasteiger partial charge is 0.357 e. The van der Waals surface area contributed by atoms with Gasteiger partial charge in [-0.05, 0) is 53.4 Å². The van der Waals surface area contributed by atoms with Crippen LogP contribution in [0.3, 0.4) is 0 Å². The fraction of sp³-hybridized carbons (Fsp3) is 0.200. The van der Waals surface area contributed by atoms with Crippen LogP contribution in [0.5, 0.6) is 0 Å². The molecule has 2 aromatic carbocycles. The van der Waals surface area contributed by atoms with Gasteiger partial charge in [-0.25, -0.2) is 0 Å². The Morgan fingerprint density at radius 3 is 3.00 bits per heavy atom. The lowest BCUT2D eigenvalue weighted by molar-refractivity contribution is 0.496. The molecule has 1 atom stereocenters. The van der Waals surface area contributed by atoms with Crippen LogP contribution < -0.4 is 5.32 Å². The summed E-state index contributed by atoms with van der Waals surface area (Å²) < 4.78 is 1.43. The van der Waals surface area contributed by atoms with Gasteiger partial charge in [-0.2, -0.15) is 0 Å². The number of nitrogens with one attached hydrogen (secondary N) is 2. The Morgan fingerprint density at radius 2 is 2.00 bits per heavy atom. The SMILES string of the molecule is c1cc(CC2NCCc3c2[nH]c2ccccc32)c2sccc2c1. The number of aromatic amines is 1. The molecule has 0 saturated carbocycles. The van der Waals surface area contributed by atoms with Gasteiger partial charge in [-0.1, -0.05) is 36.4 Å². The van der Waals surface area contributed by atoms with E-state index in [0.29, 0.717) is 6.04 Å². The van der Waals surface area contributed by atoms with E-state index in [1.807, 2.05) is 11.3 Å². The number of thiophene rings is 1. The van der Waals surface area contributed by atoms with Crippen LogP contribution in [0, 0.1) is 0 Å². The molecule has 1 aliphatic heterocycles. The normalized spacial score (nSPS) is 17.7. The molecule has 0 saturated heterocycles. The van der Waals surface area contributed by atoms with Gasteiger partial charge in [0.25, 0.3) is 0 Å². The number of aromatic nitrogens is 1. The number of fused-ring (bicyclic) bond motifs is 4. The van der Waals surface area contributed by atoms with Crippen LogP contribution in [-0.2, 0) is 12.8 Å². The Hall–Kier alpha value is -2.10. The van der Waals surface area contributed by atoms with Gasteiger partial charge < -0.3 is 10.3 Å². The van der Waals surface area contributed by atoms with Gasteiger partial charge in [0.05, 0.1) is 6.04 Å². The first-order valence-corrected chi connectivity index (χ1v) is 9.06. The van der Waals surface area contributed by atoms with Crippen molar-refractivity contribution in [2.75, 3.05) is 6.54 Å². The zero-order valence-electron chi connectivity index (χ0n) is 12.8. The zero-order valence-corrected chi connectivity index (χ0v) is 13.6. The number of benzene rings is 2. The molecule has 0 spiro atoms. The molecule has 0 fully saturated rings. The number of rotatable bonds is 2. The van der Waals surface area contributed by atoms with Crippen molar-refractivity contribution in [2.24, 2.45) is 0 Å². The highest BCUT2D eigenvalue weighted by atomic mass is 32.1. The summed E-state index contributed by atoms with van der Waals surface area (Å²) >= 11 is 1.85. The van der Waals surface area contributed by atoms with E-state index < -0.39 is 0 Å². The molecule has 0 bridgehead atoms. The molecule has 1 unspecified atom stereocenters. The fourth-order valence-electron chi connectivity index (χ4n) is 3.87. The highest BCUT2D eigenvalue weighted by molar-refractivity contribution is 7.17. The van der Waals surface area contributed by atoms with Crippen molar-refractivity contribution in [1.29, 1.82) is 0 Å². The Bertz CT molecular complexity index is 995. The molecule has 2 nitrogen and oxygen atoms in total. The highest BCUT2D eigenvalue weighted by Gasteiger charge is 2.24. The molecule has 114 valence electrons. The summed E-state index contributed by atoms with van der Waals surface area (Å²) in [6.45, 7) is 1.06. The summed E-state index contributed by atoms with van der Waals surface area (Å²) in [4.78, 5) is 3.67. The third-order valence-corrected chi connectivity index (χ3v) is 5.95. The Kier molecular flexibility index (Phi) is 3.03. The van der Waals surface area contributed by atoms with E-state index >= 15 is 0 Å². The van der Waals surface area contributed by atoms with Gasteiger partial charge in [0.2, 0.25) is 0 Å². The van der Waals surface area contributed by atoms with E-state index in [1.165, 1.54) is 37.8 Å². The summed E-state index contributed by atoms with van der Waals surface area (Å²) in [5.74, 6) is 0. The monoisotopic (exact) mass is 318 g/mol. The predicted molar refractivity (Wildman–Crippen MR) is 98.3 cm³/mol. The Morgan fingerprint density at radius 1 is 1.04 bits per heavy atom. The molecule has 2 aromatic heterocycles. The summed E-state index contributed by atoms with van der Waals surface area (Å²) in [5.41, 5.74) is 5.59. The second-order valence-corrected chi connectivity index (χ2v) is 7.20. The third-order valence-electron chi connectivity index (χ3n) is 4.95. The first kappa shape index (κ1) is 13.3. The van der Waals surface area contributed by atoms with Crippen LogP contribution in [0.4, 0.5) is 0 Å². The Labute approximate surface area is 139 Å². The van der Waals surface area contributed by atoms with Gasteiger partial charge in [-0.3, -0.25) is 0 Å². The maximum Gasteiger partial charge on any atom is 0.0517 e. The molecule has 0 aliphatic carbocycles. The third kappa shape index (κ3) is 2.12. The second-order valence-electron chi connectivity index (χ2n) is 6.28. The molecule has 0 radical (unpaired) electrons. The van der Waals surface area contributed by atoms with Crippen LogP contribution >= 0.6 is 11.3 Å². The van der Waals surface area contributed by atoms with Crippen LogP contribution in [0.25, 0.3) is 21.0 Å². The number of para-hydroxylation sites is 1. The van der Waals surface area contributed by atoms with Crippen LogP contribution in [0.15, 0.2) is 53.9 Å². The minimum absolute atomic E-state index is 0.374. The maximum absolute atomic E-state index is 3.72. The van der Waals surface area contributed by atoms with Gasteiger partial charge >= 0.3 is 0 Å². The number of hydrogen-bond acceptors (Lipinski definition) is 2. The van der Waals surface area contributed by atoms with Crippen molar-refractivity contribution in [3.05, 3.63) is 70.7 Å². The highest BCUT2D eigenvalue weighted by Crippen LogP contribution is 2.34. The van der Waals surface area contributed by atoms with Gasteiger partial charge in [-0.15, -0.1) is 11.3 Å².